The quantitative estimate of drug-likeness (QED) is 0.758. The van der Waals surface area contributed by atoms with Crippen molar-refractivity contribution in [2.45, 2.75) is 13.0 Å². The Kier molecular flexibility index (Phi) is 4.12. The number of carbonyl (C=O) groups is 1. The van der Waals surface area contributed by atoms with Crippen molar-refractivity contribution in [3.8, 4) is 5.75 Å². The Morgan fingerprint density at radius 1 is 1.47 bits per heavy atom. The van der Waals surface area contributed by atoms with Gasteiger partial charge in [0.15, 0.2) is 6.61 Å². The minimum Gasteiger partial charge on any atom is -0.482 e. The van der Waals surface area contributed by atoms with Gasteiger partial charge in [-0.05, 0) is 13.0 Å². The zero-order valence-corrected chi connectivity index (χ0v) is 8.90. The first kappa shape index (κ1) is 11.5. The molecule has 0 aliphatic heterocycles. The molecule has 1 atom stereocenters. The summed E-state index contributed by atoms with van der Waals surface area (Å²) in [6.45, 7) is 1.76. The minimum atomic E-state index is -0.408. The van der Waals surface area contributed by atoms with Crippen LogP contribution < -0.4 is 10.5 Å². The normalized spacial score (nSPS) is 11.9. The second-order valence-electron chi connectivity index (χ2n) is 3.19. The number of benzene rings is 1. The van der Waals surface area contributed by atoms with E-state index in [4.69, 9.17) is 10.5 Å². The molecule has 0 heterocycles. The third kappa shape index (κ3) is 3.25. The zero-order chi connectivity index (χ0) is 11.3. The van der Waals surface area contributed by atoms with Crippen LogP contribution in [0.2, 0.25) is 0 Å². The van der Waals surface area contributed by atoms with Gasteiger partial charge < -0.3 is 15.2 Å². The summed E-state index contributed by atoms with van der Waals surface area (Å²) in [5.41, 5.74) is 6.63. The Morgan fingerprint density at radius 2 is 2.13 bits per heavy atom. The molecule has 1 aromatic carbocycles. The zero-order valence-electron chi connectivity index (χ0n) is 8.90. The van der Waals surface area contributed by atoms with Gasteiger partial charge in [0.05, 0.1) is 7.11 Å². The highest BCUT2D eigenvalue weighted by Crippen LogP contribution is 2.22. The van der Waals surface area contributed by atoms with Crippen LogP contribution in [0.3, 0.4) is 0 Å². The van der Waals surface area contributed by atoms with Gasteiger partial charge in [0.1, 0.15) is 5.75 Å². The lowest BCUT2D eigenvalue weighted by Gasteiger charge is -2.12. The average Bonchev–Trinajstić information content (AvgIpc) is 2.26. The highest BCUT2D eigenvalue weighted by Gasteiger charge is 2.08. The van der Waals surface area contributed by atoms with E-state index in [2.05, 4.69) is 4.74 Å². The molecule has 82 valence electrons. The summed E-state index contributed by atoms with van der Waals surface area (Å²) in [6, 6.07) is 7.24. The van der Waals surface area contributed by atoms with Crippen LogP contribution in [0.15, 0.2) is 24.3 Å². The standard InChI is InChI=1S/C11H15NO3/c1-8(12)9-5-3-4-6-10(9)15-7-11(13)14-2/h3-6,8H,7,12H2,1-2H3/t8-/m1/s1. The Labute approximate surface area is 89.0 Å². The summed E-state index contributed by atoms with van der Waals surface area (Å²) >= 11 is 0. The fourth-order valence-electron chi connectivity index (χ4n) is 1.18. The summed E-state index contributed by atoms with van der Waals surface area (Å²) in [5.74, 6) is 0.215. The molecule has 0 aliphatic carbocycles. The number of hydrogen-bond acceptors (Lipinski definition) is 4. The van der Waals surface area contributed by atoms with E-state index in [0.717, 1.165) is 5.56 Å². The second-order valence-corrected chi connectivity index (χ2v) is 3.19. The number of esters is 1. The fraction of sp³-hybridized carbons (Fsp3) is 0.364. The topological polar surface area (TPSA) is 61.5 Å². The maximum atomic E-state index is 10.9. The number of ether oxygens (including phenoxy) is 2. The fourth-order valence-corrected chi connectivity index (χ4v) is 1.18. The average molecular weight is 209 g/mol. The summed E-state index contributed by atoms with van der Waals surface area (Å²) < 4.78 is 9.77. The molecule has 0 saturated heterocycles. The number of methoxy groups -OCH3 is 1. The molecule has 1 rings (SSSR count). The molecular weight excluding hydrogens is 194 g/mol. The molecule has 4 heteroatoms. The molecule has 0 aromatic heterocycles. The van der Waals surface area contributed by atoms with Crippen LogP contribution in [-0.4, -0.2) is 19.7 Å². The third-order valence-corrected chi connectivity index (χ3v) is 1.98. The molecule has 1 aromatic rings. The van der Waals surface area contributed by atoms with E-state index in [0.29, 0.717) is 5.75 Å². The molecule has 0 radical (unpaired) electrons. The van der Waals surface area contributed by atoms with E-state index < -0.39 is 5.97 Å². The van der Waals surface area contributed by atoms with E-state index in [-0.39, 0.29) is 12.6 Å². The number of rotatable bonds is 4. The van der Waals surface area contributed by atoms with Crippen molar-refractivity contribution >= 4 is 5.97 Å². The third-order valence-electron chi connectivity index (χ3n) is 1.98. The first-order valence-corrected chi connectivity index (χ1v) is 4.69. The maximum absolute atomic E-state index is 10.9. The number of hydrogen-bond donors (Lipinski definition) is 1. The van der Waals surface area contributed by atoms with Crippen LogP contribution >= 0.6 is 0 Å². The molecule has 4 nitrogen and oxygen atoms in total. The first-order valence-electron chi connectivity index (χ1n) is 4.69. The van der Waals surface area contributed by atoms with E-state index in [1.165, 1.54) is 7.11 Å². The Bertz CT molecular complexity index is 336. The van der Waals surface area contributed by atoms with Gasteiger partial charge in [-0.25, -0.2) is 4.79 Å². The summed E-state index contributed by atoms with van der Waals surface area (Å²) in [5, 5.41) is 0. The number of nitrogens with two attached hydrogens (primary N) is 1. The predicted molar refractivity (Wildman–Crippen MR) is 56.6 cm³/mol. The van der Waals surface area contributed by atoms with Crippen molar-refractivity contribution < 1.29 is 14.3 Å². The van der Waals surface area contributed by atoms with Gasteiger partial charge in [-0.3, -0.25) is 0 Å². The smallest absolute Gasteiger partial charge is 0.343 e. The van der Waals surface area contributed by atoms with Gasteiger partial charge in [-0.15, -0.1) is 0 Å². The summed E-state index contributed by atoms with van der Waals surface area (Å²) in [6.07, 6.45) is 0. The maximum Gasteiger partial charge on any atom is 0.343 e. The van der Waals surface area contributed by atoms with E-state index in [1.54, 1.807) is 6.07 Å². The lowest BCUT2D eigenvalue weighted by atomic mass is 10.1. The molecule has 0 fully saturated rings. The molecule has 0 amide bonds. The van der Waals surface area contributed by atoms with E-state index >= 15 is 0 Å². The molecule has 0 aliphatic rings. The highest BCUT2D eigenvalue weighted by molar-refractivity contribution is 5.70. The molecule has 0 unspecified atom stereocenters. The van der Waals surface area contributed by atoms with Crippen molar-refractivity contribution in [2.24, 2.45) is 5.73 Å². The second kappa shape index (κ2) is 5.36. The van der Waals surface area contributed by atoms with Crippen molar-refractivity contribution in [3.63, 3.8) is 0 Å². The lowest BCUT2D eigenvalue weighted by Crippen LogP contribution is -2.15. The van der Waals surface area contributed by atoms with Crippen molar-refractivity contribution in [3.05, 3.63) is 29.8 Å². The van der Waals surface area contributed by atoms with Crippen LogP contribution in [-0.2, 0) is 9.53 Å². The van der Waals surface area contributed by atoms with Crippen LogP contribution in [0.1, 0.15) is 18.5 Å². The van der Waals surface area contributed by atoms with Gasteiger partial charge in [0, 0.05) is 11.6 Å². The van der Waals surface area contributed by atoms with Crippen molar-refractivity contribution in [1.29, 1.82) is 0 Å². The van der Waals surface area contributed by atoms with Crippen LogP contribution in [0.4, 0.5) is 0 Å². The van der Waals surface area contributed by atoms with Crippen LogP contribution in [0.25, 0.3) is 0 Å². The van der Waals surface area contributed by atoms with Gasteiger partial charge in [0.25, 0.3) is 0 Å². The Balaban J connectivity index is 2.71. The van der Waals surface area contributed by atoms with Gasteiger partial charge >= 0.3 is 5.97 Å². The first-order chi connectivity index (χ1) is 7.15. The molecule has 0 spiro atoms. The van der Waals surface area contributed by atoms with E-state index in [9.17, 15) is 4.79 Å². The van der Waals surface area contributed by atoms with Crippen molar-refractivity contribution in [2.75, 3.05) is 13.7 Å². The summed E-state index contributed by atoms with van der Waals surface area (Å²) in [4.78, 5) is 10.9. The van der Waals surface area contributed by atoms with Gasteiger partial charge in [-0.2, -0.15) is 0 Å². The lowest BCUT2D eigenvalue weighted by molar-refractivity contribution is -0.142. The molecular formula is C11H15NO3. The van der Waals surface area contributed by atoms with Crippen LogP contribution in [0.5, 0.6) is 5.75 Å². The molecule has 2 N–H and O–H groups in total. The monoisotopic (exact) mass is 209 g/mol. The predicted octanol–water partition coefficient (Wildman–Crippen LogP) is 1.26. The SMILES string of the molecule is COC(=O)COc1ccccc1[C@@H](C)N. The molecule has 0 saturated carbocycles. The summed E-state index contributed by atoms with van der Waals surface area (Å²) in [7, 11) is 1.32. The minimum absolute atomic E-state index is 0.0970. The Morgan fingerprint density at radius 3 is 2.73 bits per heavy atom. The molecule has 0 bridgehead atoms. The number of para-hydroxylation sites is 1. The highest BCUT2D eigenvalue weighted by atomic mass is 16.6. The number of carbonyl (C=O) groups excluding carboxylic acids is 1. The Hall–Kier alpha value is -1.55. The van der Waals surface area contributed by atoms with Gasteiger partial charge in [-0.1, -0.05) is 18.2 Å². The van der Waals surface area contributed by atoms with E-state index in [1.807, 2.05) is 25.1 Å². The van der Waals surface area contributed by atoms with Gasteiger partial charge in [0.2, 0.25) is 0 Å². The van der Waals surface area contributed by atoms with Crippen molar-refractivity contribution in [1.82, 2.24) is 0 Å². The largest absolute Gasteiger partial charge is 0.482 e. The molecule has 15 heavy (non-hydrogen) atoms. The van der Waals surface area contributed by atoms with Crippen LogP contribution in [0, 0.1) is 0 Å².